The largest absolute Gasteiger partial charge is 0.416 e. The van der Waals surface area contributed by atoms with Crippen molar-refractivity contribution in [3.8, 4) is 0 Å². The molecule has 2 heterocycles. The number of urea groups is 1. The Kier molecular flexibility index (Phi) is 9.58. The first-order valence-electron chi connectivity index (χ1n) is 9.41. The topological polar surface area (TPSA) is 48.5 Å². The number of halogens is 9. The van der Waals surface area contributed by atoms with E-state index >= 15 is 0 Å². The quantitative estimate of drug-likeness (QED) is 0.538. The third-order valence-corrected chi connectivity index (χ3v) is 5.36. The Balaban J connectivity index is 0.00000289. The van der Waals surface area contributed by atoms with Gasteiger partial charge in [0.15, 0.2) is 0 Å². The maximum atomic E-state index is 13.2. The Hall–Kier alpha value is -2.31. The predicted octanol–water partition coefficient (Wildman–Crippen LogP) is 5.35. The minimum Gasteiger partial charge on any atom is -0.322 e. The maximum absolute atomic E-state index is 13.2. The first-order valence-corrected chi connectivity index (χ1v) is 9.41. The van der Waals surface area contributed by atoms with Crippen LogP contribution in [-0.4, -0.2) is 49.1 Å². The third kappa shape index (κ3) is 6.42. The van der Waals surface area contributed by atoms with E-state index in [2.05, 4.69) is 10.3 Å². The van der Waals surface area contributed by atoms with Crippen molar-refractivity contribution < 1.29 is 35.5 Å². The van der Waals surface area contributed by atoms with Crippen molar-refractivity contribution in [1.29, 1.82) is 0 Å². The van der Waals surface area contributed by atoms with Crippen LogP contribution in [0.3, 0.4) is 0 Å². The maximum Gasteiger partial charge on any atom is 0.416 e. The Labute approximate surface area is 203 Å². The number of aromatic nitrogens is 1. The Morgan fingerprint density at radius 2 is 1.53 bits per heavy atom. The van der Waals surface area contributed by atoms with Crippen LogP contribution in [0.1, 0.15) is 22.7 Å². The van der Waals surface area contributed by atoms with E-state index in [1.54, 1.807) is 0 Å². The van der Waals surface area contributed by atoms with Gasteiger partial charge in [0, 0.05) is 44.5 Å². The van der Waals surface area contributed by atoms with Crippen LogP contribution < -0.4 is 10.2 Å². The fraction of sp³-hybridized carbons (Fsp3) is 0.400. The lowest BCUT2D eigenvalue weighted by Gasteiger charge is -2.32. The molecule has 5 nitrogen and oxygen atoms in total. The standard InChI is InChI=1S/C20H19F7N4O.2ClH/c1-30(14-6-11(19(22,23)24)5-12(7-14)20(25,26)27)18(32)31(2)17-10-28-9-15(17)16-4-3-13(21)8-29-16;;/h3-8,15,17,28H,9-10H2,1-2H3;2*1H/t15-,17+;;/m0../s1. The van der Waals surface area contributed by atoms with Gasteiger partial charge in [-0.2, -0.15) is 26.3 Å². The van der Waals surface area contributed by atoms with E-state index < -0.39 is 47.1 Å². The second kappa shape index (κ2) is 11.0. The first-order chi connectivity index (χ1) is 14.8. The van der Waals surface area contributed by atoms with Crippen molar-refractivity contribution in [1.82, 2.24) is 15.2 Å². The number of carbonyl (C=O) groups is 1. The molecule has 1 N–H and O–H groups in total. The molecule has 2 amide bonds. The highest BCUT2D eigenvalue weighted by Crippen LogP contribution is 2.38. The SMILES string of the molecule is CN(C(=O)N(C)[C@@H]1CNC[C@H]1c1ccc(F)cn1)c1cc(C(F)(F)F)cc(C(F)(F)F)c1.Cl.Cl. The summed E-state index contributed by atoms with van der Waals surface area (Å²) in [6.07, 6.45) is -9.03. The zero-order chi connectivity index (χ0) is 23.8. The minimum absolute atomic E-state index is 0. The van der Waals surface area contributed by atoms with Crippen molar-refractivity contribution in [2.75, 3.05) is 32.1 Å². The smallest absolute Gasteiger partial charge is 0.322 e. The van der Waals surface area contributed by atoms with Crippen molar-refractivity contribution >= 4 is 36.5 Å². The Bertz CT molecular complexity index is 954. The van der Waals surface area contributed by atoms with Crippen LogP contribution in [0.5, 0.6) is 0 Å². The zero-order valence-corrected chi connectivity index (χ0v) is 19.4. The molecule has 0 aliphatic carbocycles. The molecule has 2 atom stereocenters. The molecule has 3 rings (SSSR count). The van der Waals surface area contributed by atoms with Crippen LogP contribution in [0.2, 0.25) is 0 Å². The third-order valence-electron chi connectivity index (χ3n) is 5.36. The fourth-order valence-corrected chi connectivity index (χ4v) is 3.60. The van der Waals surface area contributed by atoms with Crippen LogP contribution in [0.4, 0.5) is 41.2 Å². The first kappa shape index (κ1) is 29.7. The summed E-state index contributed by atoms with van der Waals surface area (Å²) in [4.78, 5) is 18.9. The number of likely N-dealkylation sites (N-methyl/N-ethyl adjacent to an activating group) is 1. The predicted molar refractivity (Wildman–Crippen MR) is 116 cm³/mol. The average molecular weight is 537 g/mol. The van der Waals surface area contributed by atoms with Gasteiger partial charge in [-0.3, -0.25) is 9.88 Å². The van der Waals surface area contributed by atoms with Crippen molar-refractivity contribution in [3.63, 3.8) is 0 Å². The summed E-state index contributed by atoms with van der Waals surface area (Å²) in [5, 5.41) is 3.06. The number of amides is 2. The monoisotopic (exact) mass is 536 g/mol. The molecular weight excluding hydrogens is 516 g/mol. The molecule has 0 bridgehead atoms. The van der Waals surface area contributed by atoms with Gasteiger partial charge in [0.1, 0.15) is 5.82 Å². The second-order valence-corrected chi connectivity index (χ2v) is 7.45. The van der Waals surface area contributed by atoms with E-state index in [9.17, 15) is 35.5 Å². The lowest BCUT2D eigenvalue weighted by Crippen LogP contribution is -2.47. The van der Waals surface area contributed by atoms with Crippen molar-refractivity contribution in [2.45, 2.75) is 24.3 Å². The normalized spacial score (nSPS) is 18.0. The number of carbonyl (C=O) groups excluding carboxylic acids is 1. The number of benzene rings is 1. The number of alkyl halides is 6. The number of pyridine rings is 1. The van der Waals surface area contributed by atoms with E-state index in [0.29, 0.717) is 30.9 Å². The summed E-state index contributed by atoms with van der Waals surface area (Å²) in [6.45, 7) is 0.725. The number of nitrogens with one attached hydrogen (secondary N) is 1. The molecule has 1 fully saturated rings. The summed E-state index contributed by atoms with van der Waals surface area (Å²) < 4.78 is 92.1. The Morgan fingerprint density at radius 3 is 2.00 bits per heavy atom. The lowest BCUT2D eigenvalue weighted by atomic mass is 9.98. The van der Waals surface area contributed by atoms with Crippen LogP contribution in [0.25, 0.3) is 0 Å². The van der Waals surface area contributed by atoms with Gasteiger partial charge < -0.3 is 10.2 Å². The highest BCUT2D eigenvalue weighted by molar-refractivity contribution is 5.92. The number of rotatable bonds is 3. The molecule has 0 radical (unpaired) electrons. The van der Waals surface area contributed by atoms with Crippen LogP contribution in [0, 0.1) is 5.82 Å². The number of hydrogen-bond acceptors (Lipinski definition) is 3. The molecule has 34 heavy (non-hydrogen) atoms. The zero-order valence-electron chi connectivity index (χ0n) is 17.7. The molecule has 0 saturated carbocycles. The molecule has 0 unspecified atom stereocenters. The highest BCUT2D eigenvalue weighted by Gasteiger charge is 2.39. The van der Waals surface area contributed by atoms with Gasteiger partial charge in [-0.1, -0.05) is 0 Å². The minimum atomic E-state index is -5.03. The molecule has 14 heteroatoms. The molecule has 1 aliphatic heterocycles. The molecule has 1 aliphatic rings. The summed E-state index contributed by atoms with van der Waals surface area (Å²) >= 11 is 0. The summed E-state index contributed by atoms with van der Waals surface area (Å²) in [5.41, 5.74) is -3.07. The van der Waals surface area contributed by atoms with Crippen molar-refractivity contribution in [3.05, 3.63) is 59.2 Å². The van der Waals surface area contributed by atoms with Gasteiger partial charge in [0.25, 0.3) is 0 Å². The van der Waals surface area contributed by atoms with E-state index in [4.69, 9.17) is 0 Å². The van der Waals surface area contributed by atoms with Gasteiger partial charge >= 0.3 is 18.4 Å². The fourth-order valence-electron chi connectivity index (χ4n) is 3.60. The van der Waals surface area contributed by atoms with Gasteiger partial charge in [-0.05, 0) is 30.3 Å². The molecule has 190 valence electrons. The van der Waals surface area contributed by atoms with E-state index in [0.717, 1.165) is 18.1 Å². The van der Waals surface area contributed by atoms with Crippen molar-refractivity contribution in [2.24, 2.45) is 0 Å². The molecule has 2 aromatic rings. The lowest BCUT2D eigenvalue weighted by molar-refractivity contribution is -0.143. The molecule has 1 saturated heterocycles. The van der Waals surface area contributed by atoms with Gasteiger partial charge in [0.2, 0.25) is 0 Å². The van der Waals surface area contributed by atoms with E-state index in [-0.39, 0.29) is 36.8 Å². The molecule has 1 aromatic carbocycles. The number of anilines is 1. The average Bonchev–Trinajstić information content (AvgIpc) is 3.21. The van der Waals surface area contributed by atoms with Crippen LogP contribution in [0.15, 0.2) is 36.5 Å². The summed E-state index contributed by atoms with van der Waals surface area (Å²) in [6, 6.07) is 2.36. The number of nitrogens with zero attached hydrogens (tertiary/aromatic N) is 3. The molecule has 0 spiro atoms. The van der Waals surface area contributed by atoms with Gasteiger partial charge in [-0.15, -0.1) is 24.8 Å². The van der Waals surface area contributed by atoms with E-state index in [1.807, 2.05) is 0 Å². The second-order valence-electron chi connectivity index (χ2n) is 7.45. The summed E-state index contributed by atoms with van der Waals surface area (Å²) in [7, 11) is 2.49. The number of hydrogen-bond donors (Lipinski definition) is 1. The molecular formula is C20H21Cl2F7N4O. The Morgan fingerprint density at radius 1 is 0.971 bits per heavy atom. The van der Waals surface area contributed by atoms with E-state index in [1.165, 1.54) is 24.1 Å². The van der Waals surface area contributed by atoms with Crippen LogP contribution >= 0.6 is 24.8 Å². The van der Waals surface area contributed by atoms with Gasteiger partial charge in [-0.25, -0.2) is 9.18 Å². The van der Waals surface area contributed by atoms with Crippen LogP contribution in [-0.2, 0) is 12.4 Å². The van der Waals surface area contributed by atoms with Gasteiger partial charge in [0.05, 0.1) is 23.4 Å². The molecule has 1 aromatic heterocycles. The highest BCUT2D eigenvalue weighted by atomic mass is 35.5. The summed E-state index contributed by atoms with van der Waals surface area (Å²) in [5.74, 6) is -0.879.